The SMILES string of the molecule is COc1ccc(NCCCc2cnc(Cl)nc2Cl)cc1. The van der Waals surface area contributed by atoms with Crippen molar-refractivity contribution in [1.29, 1.82) is 0 Å². The molecule has 0 fully saturated rings. The molecule has 2 aromatic rings. The van der Waals surface area contributed by atoms with Gasteiger partial charge in [-0.05, 0) is 48.7 Å². The maximum Gasteiger partial charge on any atom is 0.223 e. The molecule has 0 amide bonds. The first-order valence-corrected chi connectivity index (χ1v) is 6.99. The first-order valence-electron chi connectivity index (χ1n) is 6.24. The predicted molar refractivity (Wildman–Crippen MR) is 81.9 cm³/mol. The maximum atomic E-state index is 5.99. The summed E-state index contributed by atoms with van der Waals surface area (Å²) in [6.45, 7) is 0.839. The summed E-state index contributed by atoms with van der Waals surface area (Å²) in [5.74, 6) is 0.848. The van der Waals surface area contributed by atoms with E-state index in [-0.39, 0.29) is 5.28 Å². The smallest absolute Gasteiger partial charge is 0.223 e. The van der Waals surface area contributed by atoms with Crippen molar-refractivity contribution < 1.29 is 4.74 Å². The number of rotatable bonds is 6. The van der Waals surface area contributed by atoms with Gasteiger partial charge in [-0.25, -0.2) is 9.97 Å². The molecule has 20 heavy (non-hydrogen) atoms. The van der Waals surface area contributed by atoms with E-state index in [1.54, 1.807) is 13.3 Å². The molecule has 1 aromatic carbocycles. The molecule has 0 saturated heterocycles. The topological polar surface area (TPSA) is 47.0 Å². The van der Waals surface area contributed by atoms with Crippen LogP contribution in [0.1, 0.15) is 12.0 Å². The zero-order valence-corrected chi connectivity index (χ0v) is 12.6. The van der Waals surface area contributed by atoms with Crippen molar-refractivity contribution in [3.63, 3.8) is 0 Å². The van der Waals surface area contributed by atoms with Crippen LogP contribution in [0.3, 0.4) is 0 Å². The van der Waals surface area contributed by atoms with Crippen LogP contribution in [-0.2, 0) is 6.42 Å². The Hall–Kier alpha value is -1.52. The summed E-state index contributed by atoms with van der Waals surface area (Å²) >= 11 is 11.6. The van der Waals surface area contributed by atoms with E-state index < -0.39 is 0 Å². The highest BCUT2D eigenvalue weighted by molar-refractivity contribution is 6.32. The van der Waals surface area contributed by atoms with E-state index >= 15 is 0 Å². The van der Waals surface area contributed by atoms with Crippen LogP contribution in [0.25, 0.3) is 0 Å². The van der Waals surface area contributed by atoms with Gasteiger partial charge in [-0.3, -0.25) is 0 Å². The molecule has 1 N–H and O–H groups in total. The second kappa shape index (κ2) is 7.31. The first-order chi connectivity index (χ1) is 9.69. The third kappa shape index (κ3) is 4.25. The molecule has 4 nitrogen and oxygen atoms in total. The molecular weight excluding hydrogens is 297 g/mol. The Balaban J connectivity index is 1.78. The van der Waals surface area contributed by atoms with E-state index in [2.05, 4.69) is 15.3 Å². The number of ether oxygens (including phenoxy) is 1. The highest BCUT2D eigenvalue weighted by atomic mass is 35.5. The number of halogens is 2. The van der Waals surface area contributed by atoms with Crippen molar-refractivity contribution in [2.45, 2.75) is 12.8 Å². The summed E-state index contributed by atoms with van der Waals surface area (Å²) in [4.78, 5) is 7.85. The van der Waals surface area contributed by atoms with E-state index in [1.165, 1.54) is 0 Å². The minimum atomic E-state index is 0.176. The Morgan fingerprint density at radius 2 is 1.95 bits per heavy atom. The number of nitrogens with one attached hydrogen (secondary N) is 1. The fourth-order valence-corrected chi connectivity index (χ4v) is 2.15. The molecule has 0 unspecified atom stereocenters. The van der Waals surface area contributed by atoms with Gasteiger partial charge >= 0.3 is 0 Å². The van der Waals surface area contributed by atoms with E-state index in [4.69, 9.17) is 27.9 Å². The maximum absolute atomic E-state index is 5.99. The average molecular weight is 312 g/mol. The van der Waals surface area contributed by atoms with Crippen molar-refractivity contribution in [3.05, 3.63) is 46.5 Å². The monoisotopic (exact) mass is 311 g/mol. The molecule has 2 rings (SSSR count). The van der Waals surface area contributed by atoms with Crippen LogP contribution in [-0.4, -0.2) is 23.6 Å². The number of methoxy groups -OCH3 is 1. The minimum absolute atomic E-state index is 0.176. The number of anilines is 1. The van der Waals surface area contributed by atoms with Crippen molar-refractivity contribution in [2.75, 3.05) is 19.0 Å². The van der Waals surface area contributed by atoms with E-state index in [0.717, 1.165) is 36.4 Å². The standard InChI is InChI=1S/C14H15Cl2N3O/c1-20-12-6-4-11(5-7-12)17-8-2-3-10-9-18-14(16)19-13(10)15/h4-7,9,17H,2-3,8H2,1H3. The van der Waals surface area contributed by atoms with Gasteiger partial charge in [0.25, 0.3) is 0 Å². The summed E-state index contributed by atoms with van der Waals surface area (Å²) in [5, 5.41) is 3.93. The van der Waals surface area contributed by atoms with E-state index in [1.807, 2.05) is 24.3 Å². The van der Waals surface area contributed by atoms with Gasteiger partial charge in [0, 0.05) is 24.0 Å². The fraction of sp³-hybridized carbons (Fsp3) is 0.286. The van der Waals surface area contributed by atoms with Crippen molar-refractivity contribution in [2.24, 2.45) is 0 Å². The van der Waals surface area contributed by atoms with Crippen LogP contribution in [0, 0.1) is 0 Å². The Labute approximate surface area is 128 Å². The molecule has 106 valence electrons. The highest BCUT2D eigenvalue weighted by Gasteiger charge is 2.03. The summed E-state index contributed by atoms with van der Waals surface area (Å²) in [5.41, 5.74) is 1.97. The molecule has 1 aromatic heterocycles. The van der Waals surface area contributed by atoms with Gasteiger partial charge in [-0.15, -0.1) is 0 Å². The Morgan fingerprint density at radius 1 is 1.20 bits per heavy atom. The van der Waals surface area contributed by atoms with Crippen molar-refractivity contribution in [1.82, 2.24) is 9.97 Å². The molecule has 1 heterocycles. The minimum Gasteiger partial charge on any atom is -0.497 e. The van der Waals surface area contributed by atoms with E-state index in [9.17, 15) is 0 Å². The van der Waals surface area contributed by atoms with Crippen LogP contribution in [0.2, 0.25) is 10.4 Å². The van der Waals surface area contributed by atoms with Crippen LogP contribution in [0.5, 0.6) is 5.75 Å². The second-order valence-corrected chi connectivity index (χ2v) is 4.91. The summed E-state index contributed by atoms with van der Waals surface area (Å²) in [6.07, 6.45) is 3.40. The highest BCUT2D eigenvalue weighted by Crippen LogP contribution is 2.17. The largest absolute Gasteiger partial charge is 0.497 e. The lowest BCUT2D eigenvalue weighted by atomic mass is 10.2. The lowest BCUT2D eigenvalue weighted by molar-refractivity contribution is 0.415. The van der Waals surface area contributed by atoms with Gasteiger partial charge in [0.15, 0.2) is 0 Å². The van der Waals surface area contributed by atoms with Gasteiger partial charge in [0.1, 0.15) is 10.9 Å². The lowest BCUT2D eigenvalue weighted by Gasteiger charge is -2.07. The van der Waals surface area contributed by atoms with Crippen LogP contribution < -0.4 is 10.1 Å². The summed E-state index contributed by atoms with van der Waals surface area (Å²) in [6, 6.07) is 7.81. The van der Waals surface area contributed by atoms with Gasteiger partial charge < -0.3 is 10.1 Å². The Kier molecular flexibility index (Phi) is 5.44. The molecule has 0 aliphatic rings. The molecule has 0 bridgehead atoms. The normalized spacial score (nSPS) is 10.3. The molecular formula is C14H15Cl2N3O. The van der Waals surface area contributed by atoms with Crippen LogP contribution in [0.15, 0.2) is 30.5 Å². The van der Waals surface area contributed by atoms with Gasteiger partial charge in [0.05, 0.1) is 7.11 Å². The molecule has 0 spiro atoms. The number of hydrogen-bond acceptors (Lipinski definition) is 4. The third-order valence-corrected chi connectivity index (χ3v) is 3.33. The quantitative estimate of drug-likeness (QED) is 0.500. The van der Waals surface area contributed by atoms with Gasteiger partial charge in [0.2, 0.25) is 5.28 Å². The van der Waals surface area contributed by atoms with Crippen LogP contribution >= 0.6 is 23.2 Å². The van der Waals surface area contributed by atoms with Gasteiger partial charge in [-0.2, -0.15) is 0 Å². The molecule has 6 heteroatoms. The molecule has 0 radical (unpaired) electrons. The van der Waals surface area contributed by atoms with Crippen molar-refractivity contribution in [3.8, 4) is 5.75 Å². The fourth-order valence-electron chi connectivity index (χ4n) is 1.75. The first kappa shape index (κ1) is 14.9. The van der Waals surface area contributed by atoms with E-state index in [0.29, 0.717) is 5.15 Å². The summed E-state index contributed by atoms with van der Waals surface area (Å²) < 4.78 is 5.11. The number of nitrogens with zero attached hydrogens (tertiary/aromatic N) is 2. The number of aryl methyl sites for hydroxylation is 1. The number of hydrogen-bond donors (Lipinski definition) is 1. The lowest BCUT2D eigenvalue weighted by Crippen LogP contribution is -2.03. The zero-order valence-electron chi connectivity index (χ0n) is 11.1. The van der Waals surface area contributed by atoms with Crippen LogP contribution in [0.4, 0.5) is 5.69 Å². The van der Waals surface area contributed by atoms with Crippen molar-refractivity contribution >= 4 is 28.9 Å². The summed E-state index contributed by atoms with van der Waals surface area (Å²) in [7, 11) is 1.65. The third-order valence-electron chi connectivity index (χ3n) is 2.82. The predicted octanol–water partition coefficient (Wildman–Crippen LogP) is 3.84. The molecule has 0 saturated carbocycles. The molecule has 0 atom stereocenters. The molecule has 0 aliphatic carbocycles. The Bertz CT molecular complexity index is 561. The number of benzene rings is 1. The zero-order chi connectivity index (χ0) is 14.4. The Morgan fingerprint density at radius 3 is 2.60 bits per heavy atom. The molecule has 0 aliphatic heterocycles. The number of aromatic nitrogens is 2. The second-order valence-electron chi connectivity index (χ2n) is 4.21. The average Bonchev–Trinajstić information content (AvgIpc) is 2.46. The van der Waals surface area contributed by atoms with Gasteiger partial charge in [-0.1, -0.05) is 11.6 Å².